The van der Waals surface area contributed by atoms with Crippen molar-refractivity contribution in [3.8, 4) is 0 Å². The average Bonchev–Trinajstić information content (AvgIpc) is 2.82. The molecule has 0 spiro atoms. The van der Waals surface area contributed by atoms with Gasteiger partial charge >= 0.3 is 18.0 Å². The van der Waals surface area contributed by atoms with E-state index in [9.17, 15) is 18.6 Å². The van der Waals surface area contributed by atoms with Crippen molar-refractivity contribution in [2.24, 2.45) is 0 Å². The molecule has 10 heteroatoms. The van der Waals surface area contributed by atoms with Crippen LogP contribution in [-0.4, -0.2) is 41.1 Å². The van der Waals surface area contributed by atoms with Gasteiger partial charge in [-0.3, -0.25) is 4.21 Å². The van der Waals surface area contributed by atoms with Gasteiger partial charge in [0.1, 0.15) is 6.61 Å². The lowest BCUT2D eigenvalue weighted by Crippen LogP contribution is -2.47. The van der Waals surface area contributed by atoms with Gasteiger partial charge in [-0.2, -0.15) is 0 Å². The number of carbonyl (C=O) groups excluding carboxylic acids is 3. The molecule has 3 rings (SSSR count). The Morgan fingerprint density at radius 2 is 1.73 bits per heavy atom. The van der Waals surface area contributed by atoms with Gasteiger partial charge in [0.05, 0.1) is 45.2 Å². The molecule has 1 aliphatic heterocycles. The molecule has 0 aliphatic carbocycles. The second-order valence-corrected chi connectivity index (χ2v) is 9.05. The molecule has 1 aliphatic rings. The number of nitrogens with one attached hydrogen (secondary N) is 2. The van der Waals surface area contributed by atoms with E-state index in [0.29, 0.717) is 21.2 Å². The van der Waals surface area contributed by atoms with E-state index in [4.69, 9.17) is 21.1 Å². The maximum absolute atomic E-state index is 12.8. The molecule has 0 fully saturated rings. The summed E-state index contributed by atoms with van der Waals surface area (Å²) in [6.07, 6.45) is 0. The highest BCUT2D eigenvalue weighted by molar-refractivity contribution is 7.85. The van der Waals surface area contributed by atoms with Crippen LogP contribution < -0.4 is 10.6 Å². The summed E-state index contributed by atoms with van der Waals surface area (Å²) in [4.78, 5) is 38.2. The van der Waals surface area contributed by atoms with Gasteiger partial charge in [-0.25, -0.2) is 14.4 Å². The fourth-order valence-electron chi connectivity index (χ4n) is 3.29. The molecule has 33 heavy (non-hydrogen) atoms. The maximum atomic E-state index is 12.8. The van der Waals surface area contributed by atoms with E-state index < -0.39 is 41.4 Å². The molecule has 1 heterocycles. The molecule has 0 aromatic heterocycles. The average molecular weight is 491 g/mol. The van der Waals surface area contributed by atoms with Crippen LogP contribution in [0, 0.1) is 0 Å². The van der Waals surface area contributed by atoms with Crippen LogP contribution >= 0.6 is 11.6 Å². The van der Waals surface area contributed by atoms with Crippen molar-refractivity contribution in [1.29, 1.82) is 0 Å². The lowest BCUT2D eigenvalue weighted by atomic mass is 9.95. The molecule has 2 aromatic rings. The molecular weight excluding hydrogens is 468 g/mol. The van der Waals surface area contributed by atoms with E-state index in [-0.39, 0.29) is 23.4 Å². The third-order valence-electron chi connectivity index (χ3n) is 4.81. The van der Waals surface area contributed by atoms with Gasteiger partial charge in [0.25, 0.3) is 0 Å². The van der Waals surface area contributed by atoms with Gasteiger partial charge in [-0.05, 0) is 36.8 Å². The summed E-state index contributed by atoms with van der Waals surface area (Å²) in [6.45, 7) is 3.13. The van der Waals surface area contributed by atoms with E-state index >= 15 is 0 Å². The molecule has 2 amide bonds. The summed E-state index contributed by atoms with van der Waals surface area (Å²) in [7, 11) is -1.36. The molecule has 0 unspecified atom stereocenters. The zero-order valence-corrected chi connectivity index (χ0v) is 19.6. The van der Waals surface area contributed by atoms with E-state index in [1.807, 2.05) is 0 Å². The first-order valence-electron chi connectivity index (χ1n) is 10.2. The number of hydrogen-bond donors (Lipinski definition) is 2. The first-order chi connectivity index (χ1) is 15.8. The molecule has 174 valence electrons. The van der Waals surface area contributed by atoms with Crippen LogP contribution in [0.2, 0.25) is 5.02 Å². The van der Waals surface area contributed by atoms with Crippen molar-refractivity contribution in [2.45, 2.75) is 24.8 Å². The van der Waals surface area contributed by atoms with E-state index in [1.165, 1.54) is 6.07 Å². The van der Waals surface area contributed by atoms with Gasteiger partial charge in [-0.15, -0.1) is 0 Å². The Bertz CT molecular complexity index is 1120. The fraction of sp³-hybridized carbons (Fsp3) is 0.261. The summed E-state index contributed by atoms with van der Waals surface area (Å²) in [5.74, 6) is -1.05. The number of hydrogen-bond acceptors (Lipinski definition) is 6. The largest absolute Gasteiger partial charge is 0.463 e. The van der Waals surface area contributed by atoms with Crippen molar-refractivity contribution < 1.29 is 28.1 Å². The van der Waals surface area contributed by atoms with Crippen LogP contribution in [0.4, 0.5) is 4.79 Å². The topological polar surface area (TPSA) is 111 Å². The fourth-order valence-corrected chi connectivity index (χ4v) is 4.36. The Hall–Kier alpha value is -3.17. The van der Waals surface area contributed by atoms with Crippen LogP contribution in [-0.2, 0) is 25.1 Å². The standard InChI is InChI=1S/C23H23ClN2O6S/c1-3-31-22(28)19-17(25-23(29)26-20(19)14-9-11-15(24)12-10-14)13-32-21(27)16-7-5-6-8-18(16)33(30)4-2/h5-12,20H,3-4,13H2,1-2H3,(H2,25,26,29)/t20-,33+/m0/s1. The molecule has 0 saturated heterocycles. The minimum absolute atomic E-state index is 0.0968. The summed E-state index contributed by atoms with van der Waals surface area (Å²) >= 11 is 5.96. The second kappa shape index (κ2) is 11.1. The normalized spacial score (nSPS) is 16.5. The Morgan fingerprint density at radius 3 is 2.39 bits per heavy atom. The monoisotopic (exact) mass is 490 g/mol. The minimum Gasteiger partial charge on any atom is -0.463 e. The van der Waals surface area contributed by atoms with Gasteiger partial charge < -0.3 is 20.1 Å². The lowest BCUT2D eigenvalue weighted by Gasteiger charge is -2.29. The predicted molar refractivity (Wildman–Crippen MR) is 123 cm³/mol. The quantitative estimate of drug-likeness (QED) is 0.548. The third-order valence-corrected chi connectivity index (χ3v) is 6.44. The summed E-state index contributed by atoms with van der Waals surface area (Å²) in [5, 5.41) is 5.73. The van der Waals surface area contributed by atoms with Gasteiger partial charge in [0.2, 0.25) is 0 Å². The van der Waals surface area contributed by atoms with Crippen molar-refractivity contribution >= 4 is 40.4 Å². The van der Waals surface area contributed by atoms with Crippen LogP contribution in [0.1, 0.15) is 35.8 Å². The van der Waals surface area contributed by atoms with Crippen LogP contribution in [0.15, 0.2) is 64.7 Å². The van der Waals surface area contributed by atoms with E-state index in [2.05, 4.69) is 10.6 Å². The smallest absolute Gasteiger partial charge is 0.339 e. The Labute approximate surface area is 198 Å². The Balaban J connectivity index is 1.94. The summed E-state index contributed by atoms with van der Waals surface area (Å²) in [5.41, 5.74) is 0.965. The first-order valence-corrected chi connectivity index (χ1v) is 11.9. The number of ether oxygens (including phenoxy) is 2. The number of halogens is 1. The van der Waals surface area contributed by atoms with Crippen molar-refractivity contribution in [1.82, 2.24) is 10.6 Å². The molecular formula is C23H23ClN2O6S. The zero-order valence-electron chi connectivity index (χ0n) is 18.1. The number of urea groups is 1. The van der Waals surface area contributed by atoms with E-state index in [1.54, 1.807) is 56.3 Å². The van der Waals surface area contributed by atoms with Crippen LogP contribution in [0.25, 0.3) is 0 Å². The van der Waals surface area contributed by atoms with Gasteiger partial charge in [0.15, 0.2) is 0 Å². The van der Waals surface area contributed by atoms with Crippen molar-refractivity contribution in [3.63, 3.8) is 0 Å². The first kappa shape index (κ1) is 24.5. The maximum Gasteiger partial charge on any atom is 0.339 e. The molecule has 0 radical (unpaired) electrons. The molecule has 0 saturated carbocycles. The number of amides is 2. The van der Waals surface area contributed by atoms with Crippen molar-refractivity contribution in [2.75, 3.05) is 19.0 Å². The Morgan fingerprint density at radius 1 is 1.03 bits per heavy atom. The molecule has 8 nitrogen and oxygen atoms in total. The molecule has 2 N–H and O–H groups in total. The summed E-state index contributed by atoms with van der Waals surface area (Å²) in [6, 6.07) is 11.7. The van der Waals surface area contributed by atoms with Crippen LogP contribution in [0.3, 0.4) is 0 Å². The Kier molecular flexibility index (Phi) is 8.24. The molecule has 0 bridgehead atoms. The summed E-state index contributed by atoms with van der Waals surface area (Å²) < 4.78 is 22.9. The second-order valence-electron chi connectivity index (χ2n) is 6.90. The highest BCUT2D eigenvalue weighted by Crippen LogP contribution is 2.29. The van der Waals surface area contributed by atoms with Gasteiger partial charge in [0, 0.05) is 10.8 Å². The highest BCUT2D eigenvalue weighted by Gasteiger charge is 2.34. The number of rotatable bonds is 8. The number of carbonyl (C=O) groups is 3. The van der Waals surface area contributed by atoms with Crippen molar-refractivity contribution in [3.05, 3.63) is 76.0 Å². The predicted octanol–water partition coefficient (Wildman–Crippen LogP) is 3.50. The van der Waals surface area contributed by atoms with Gasteiger partial charge in [-0.1, -0.05) is 42.8 Å². The highest BCUT2D eigenvalue weighted by atomic mass is 35.5. The molecule has 2 atom stereocenters. The lowest BCUT2D eigenvalue weighted by molar-refractivity contribution is -0.139. The van der Waals surface area contributed by atoms with E-state index in [0.717, 1.165) is 0 Å². The minimum atomic E-state index is -1.36. The third kappa shape index (κ3) is 5.80. The molecule has 2 aromatic carbocycles. The number of esters is 2. The number of benzene rings is 2. The van der Waals surface area contributed by atoms with Crippen LogP contribution in [0.5, 0.6) is 0 Å². The SMILES string of the molecule is CCOC(=O)C1=C(COC(=O)c2ccccc2[S@](=O)CC)NC(=O)N[C@H]1c1ccc(Cl)cc1. The zero-order chi connectivity index (χ0) is 24.0.